The quantitative estimate of drug-likeness (QED) is 0.680. The highest BCUT2D eigenvalue weighted by atomic mass is 19.1. The van der Waals surface area contributed by atoms with Crippen molar-refractivity contribution in [1.29, 1.82) is 0 Å². The van der Waals surface area contributed by atoms with Crippen LogP contribution in [0.4, 0.5) is 9.18 Å². The second-order valence-electron chi connectivity index (χ2n) is 3.06. The van der Waals surface area contributed by atoms with E-state index in [1.54, 1.807) is 0 Å². The van der Waals surface area contributed by atoms with Gasteiger partial charge in [0.25, 0.3) is 0 Å². The number of amides is 1. The SMILES string of the molecule is CCCOC(=O)NC(CF)CCC(=O)O. The van der Waals surface area contributed by atoms with Crippen LogP contribution in [0.5, 0.6) is 0 Å². The molecule has 88 valence electrons. The minimum Gasteiger partial charge on any atom is -0.481 e. The standard InChI is InChI=1S/C9H16FNO4/c1-2-5-15-9(14)11-7(6-10)3-4-8(12)13/h7H,2-6H2,1H3,(H,11,14)(H,12,13). The summed E-state index contributed by atoms with van der Waals surface area (Å²) in [6.07, 6.45) is -0.136. The van der Waals surface area contributed by atoms with E-state index in [0.29, 0.717) is 6.42 Å². The summed E-state index contributed by atoms with van der Waals surface area (Å²) in [4.78, 5) is 21.2. The molecule has 0 aromatic heterocycles. The number of halogens is 1. The van der Waals surface area contributed by atoms with Crippen LogP contribution in [0.1, 0.15) is 26.2 Å². The molecule has 15 heavy (non-hydrogen) atoms. The van der Waals surface area contributed by atoms with Crippen LogP contribution in [0.25, 0.3) is 0 Å². The molecule has 1 atom stereocenters. The number of alkyl carbamates (subject to hydrolysis) is 1. The van der Waals surface area contributed by atoms with Gasteiger partial charge in [-0.05, 0) is 12.8 Å². The Morgan fingerprint density at radius 1 is 1.53 bits per heavy atom. The topological polar surface area (TPSA) is 75.6 Å². The molecule has 0 aromatic rings. The molecule has 6 heteroatoms. The zero-order chi connectivity index (χ0) is 11.7. The highest BCUT2D eigenvalue weighted by Crippen LogP contribution is 1.99. The summed E-state index contributed by atoms with van der Waals surface area (Å²) in [5, 5.41) is 10.6. The Morgan fingerprint density at radius 3 is 2.67 bits per heavy atom. The van der Waals surface area contributed by atoms with Crippen LogP contribution in [0, 0.1) is 0 Å². The third-order valence-electron chi connectivity index (χ3n) is 1.65. The van der Waals surface area contributed by atoms with Crippen molar-refractivity contribution >= 4 is 12.1 Å². The Kier molecular flexibility index (Phi) is 7.31. The molecule has 0 heterocycles. The van der Waals surface area contributed by atoms with Gasteiger partial charge < -0.3 is 15.2 Å². The number of alkyl halides is 1. The Bertz CT molecular complexity index is 210. The number of rotatable bonds is 7. The molecule has 2 N–H and O–H groups in total. The molecule has 0 saturated heterocycles. The molecule has 0 fully saturated rings. The molecule has 0 aromatic carbocycles. The first-order valence-electron chi connectivity index (χ1n) is 4.81. The monoisotopic (exact) mass is 221 g/mol. The largest absolute Gasteiger partial charge is 0.481 e. The van der Waals surface area contributed by atoms with E-state index in [2.05, 4.69) is 10.1 Å². The second-order valence-corrected chi connectivity index (χ2v) is 3.06. The minimum absolute atomic E-state index is 0.0626. The van der Waals surface area contributed by atoms with E-state index in [-0.39, 0.29) is 19.4 Å². The number of hydrogen-bond donors (Lipinski definition) is 2. The van der Waals surface area contributed by atoms with Crippen molar-refractivity contribution < 1.29 is 23.8 Å². The smallest absolute Gasteiger partial charge is 0.407 e. The maximum Gasteiger partial charge on any atom is 0.407 e. The molecule has 0 aliphatic heterocycles. The zero-order valence-electron chi connectivity index (χ0n) is 8.66. The number of carbonyl (C=O) groups is 2. The normalized spacial score (nSPS) is 11.9. The fourth-order valence-corrected chi connectivity index (χ4v) is 0.889. The van der Waals surface area contributed by atoms with Gasteiger partial charge in [-0.1, -0.05) is 6.92 Å². The summed E-state index contributed by atoms with van der Waals surface area (Å²) in [6.45, 7) is 1.31. The minimum atomic E-state index is -1.02. The van der Waals surface area contributed by atoms with Gasteiger partial charge in [0.1, 0.15) is 6.67 Å². The van der Waals surface area contributed by atoms with Gasteiger partial charge in [-0.2, -0.15) is 0 Å². The lowest BCUT2D eigenvalue weighted by molar-refractivity contribution is -0.137. The Balaban J connectivity index is 3.77. The summed E-state index contributed by atoms with van der Waals surface area (Å²) in [5.41, 5.74) is 0. The van der Waals surface area contributed by atoms with Gasteiger partial charge in [-0.3, -0.25) is 4.79 Å². The number of ether oxygens (including phenoxy) is 1. The van der Waals surface area contributed by atoms with Crippen LogP contribution in [-0.2, 0) is 9.53 Å². The van der Waals surface area contributed by atoms with Crippen LogP contribution in [0.15, 0.2) is 0 Å². The van der Waals surface area contributed by atoms with Gasteiger partial charge in [-0.15, -0.1) is 0 Å². The summed E-state index contributed by atoms with van der Waals surface area (Å²) < 4.78 is 17.0. The Labute approximate surface area is 87.6 Å². The highest BCUT2D eigenvalue weighted by molar-refractivity contribution is 5.68. The number of hydrogen-bond acceptors (Lipinski definition) is 3. The van der Waals surface area contributed by atoms with Crippen molar-refractivity contribution in [2.45, 2.75) is 32.2 Å². The highest BCUT2D eigenvalue weighted by Gasteiger charge is 2.14. The number of carboxylic acids is 1. The van der Waals surface area contributed by atoms with Gasteiger partial charge in [0.15, 0.2) is 0 Å². The van der Waals surface area contributed by atoms with Gasteiger partial charge in [0.2, 0.25) is 0 Å². The Hall–Kier alpha value is -1.33. The van der Waals surface area contributed by atoms with Crippen LogP contribution in [0.3, 0.4) is 0 Å². The van der Waals surface area contributed by atoms with E-state index in [1.165, 1.54) is 0 Å². The van der Waals surface area contributed by atoms with Crippen molar-refractivity contribution in [2.24, 2.45) is 0 Å². The molecular formula is C9H16FNO4. The molecule has 0 spiro atoms. The lowest BCUT2D eigenvalue weighted by atomic mass is 10.2. The summed E-state index contributed by atoms with van der Waals surface area (Å²) in [6, 6.07) is -0.787. The molecule has 0 rings (SSSR count). The van der Waals surface area contributed by atoms with Gasteiger partial charge in [-0.25, -0.2) is 9.18 Å². The first-order chi connectivity index (χ1) is 7.10. The maximum atomic E-state index is 12.3. The summed E-state index contributed by atoms with van der Waals surface area (Å²) in [7, 11) is 0. The summed E-state index contributed by atoms with van der Waals surface area (Å²) in [5.74, 6) is -1.02. The van der Waals surface area contributed by atoms with Gasteiger partial charge >= 0.3 is 12.1 Å². The third-order valence-corrected chi connectivity index (χ3v) is 1.65. The van der Waals surface area contributed by atoms with Gasteiger partial charge in [0, 0.05) is 6.42 Å². The van der Waals surface area contributed by atoms with Crippen molar-refractivity contribution in [2.75, 3.05) is 13.3 Å². The van der Waals surface area contributed by atoms with E-state index < -0.39 is 24.8 Å². The molecular weight excluding hydrogens is 205 g/mol. The number of carboxylic acid groups (broad SMARTS) is 1. The number of aliphatic carboxylic acids is 1. The average Bonchev–Trinajstić information content (AvgIpc) is 2.20. The van der Waals surface area contributed by atoms with E-state index in [4.69, 9.17) is 5.11 Å². The van der Waals surface area contributed by atoms with E-state index >= 15 is 0 Å². The molecule has 0 radical (unpaired) electrons. The van der Waals surface area contributed by atoms with Crippen molar-refractivity contribution in [3.05, 3.63) is 0 Å². The average molecular weight is 221 g/mol. The van der Waals surface area contributed by atoms with Crippen LogP contribution < -0.4 is 5.32 Å². The predicted octanol–water partition coefficient (Wildman–Crippen LogP) is 1.33. The van der Waals surface area contributed by atoms with E-state index in [0.717, 1.165) is 0 Å². The fourth-order valence-electron chi connectivity index (χ4n) is 0.889. The lowest BCUT2D eigenvalue weighted by Crippen LogP contribution is -2.37. The third kappa shape index (κ3) is 7.72. The molecule has 0 bridgehead atoms. The van der Waals surface area contributed by atoms with Crippen LogP contribution in [0.2, 0.25) is 0 Å². The number of nitrogens with one attached hydrogen (secondary N) is 1. The fraction of sp³-hybridized carbons (Fsp3) is 0.778. The molecule has 0 saturated carbocycles. The molecule has 1 unspecified atom stereocenters. The van der Waals surface area contributed by atoms with Crippen molar-refractivity contribution in [3.8, 4) is 0 Å². The van der Waals surface area contributed by atoms with Crippen LogP contribution in [-0.4, -0.2) is 36.5 Å². The molecule has 0 aliphatic rings. The molecule has 1 amide bonds. The summed E-state index contributed by atoms with van der Waals surface area (Å²) >= 11 is 0. The predicted molar refractivity (Wildman–Crippen MR) is 51.4 cm³/mol. The maximum absolute atomic E-state index is 12.3. The molecule has 0 aliphatic carbocycles. The number of carbonyl (C=O) groups excluding carboxylic acids is 1. The van der Waals surface area contributed by atoms with E-state index in [1.807, 2.05) is 6.92 Å². The zero-order valence-corrected chi connectivity index (χ0v) is 8.66. The first-order valence-corrected chi connectivity index (χ1v) is 4.81. The van der Waals surface area contributed by atoms with E-state index in [9.17, 15) is 14.0 Å². The van der Waals surface area contributed by atoms with Gasteiger partial charge in [0.05, 0.1) is 12.6 Å². The van der Waals surface area contributed by atoms with Crippen molar-refractivity contribution in [3.63, 3.8) is 0 Å². The second kappa shape index (κ2) is 8.02. The van der Waals surface area contributed by atoms with Crippen LogP contribution >= 0.6 is 0 Å². The Morgan fingerprint density at radius 2 is 2.20 bits per heavy atom. The van der Waals surface area contributed by atoms with Crippen molar-refractivity contribution in [1.82, 2.24) is 5.32 Å². The molecule has 5 nitrogen and oxygen atoms in total. The first kappa shape index (κ1) is 13.7. The lowest BCUT2D eigenvalue weighted by Gasteiger charge is -2.13.